The highest BCUT2D eigenvalue weighted by Gasteiger charge is 2.26. The van der Waals surface area contributed by atoms with Crippen LogP contribution in [0, 0.1) is 16.7 Å². The Hall–Kier alpha value is -0.330. The smallest absolute Gasteiger partial charge is 0.0173 e. The Morgan fingerprint density at radius 2 is 1.58 bits per heavy atom. The first-order chi connectivity index (χ1) is 5.52. The van der Waals surface area contributed by atoms with E-state index in [0.717, 1.165) is 5.71 Å². The van der Waals surface area contributed by atoms with E-state index in [-0.39, 0.29) is 5.41 Å². The van der Waals surface area contributed by atoms with Crippen molar-refractivity contribution >= 4 is 5.71 Å². The summed E-state index contributed by atoms with van der Waals surface area (Å²) >= 11 is 0. The predicted molar refractivity (Wildman–Crippen MR) is 53.8 cm³/mol. The Labute approximate surface area is 76.1 Å². The van der Waals surface area contributed by atoms with Crippen molar-refractivity contribution in [3.05, 3.63) is 0 Å². The minimum atomic E-state index is 0.0992. The first-order valence-electron chi connectivity index (χ1n) is 5.11. The third-order valence-electron chi connectivity index (χ3n) is 2.82. The lowest BCUT2D eigenvalue weighted by Crippen LogP contribution is -2.29. The minimum absolute atomic E-state index is 0.0992. The molecule has 0 spiro atoms. The van der Waals surface area contributed by atoms with Crippen LogP contribution in [0.3, 0.4) is 0 Å². The highest BCUT2D eigenvalue weighted by atomic mass is 14.5. The average molecular weight is 167 g/mol. The quantitative estimate of drug-likeness (QED) is 0.577. The van der Waals surface area contributed by atoms with E-state index in [1.54, 1.807) is 0 Å². The highest BCUT2D eigenvalue weighted by molar-refractivity contribution is 5.88. The van der Waals surface area contributed by atoms with Gasteiger partial charge in [-0.3, -0.25) is 0 Å². The molecule has 0 aromatic carbocycles. The van der Waals surface area contributed by atoms with Crippen molar-refractivity contribution < 1.29 is 0 Å². The third-order valence-corrected chi connectivity index (χ3v) is 2.82. The summed E-state index contributed by atoms with van der Waals surface area (Å²) in [5.74, 6) is 0.596. The maximum Gasteiger partial charge on any atom is 0.0173 e. The second-order valence-electron chi connectivity index (χ2n) is 5.00. The van der Waals surface area contributed by atoms with Gasteiger partial charge in [0.25, 0.3) is 0 Å². The SMILES string of the molecule is CC(C)(C)C(=N)C1CCCCC1. The van der Waals surface area contributed by atoms with Crippen molar-refractivity contribution in [2.45, 2.75) is 52.9 Å². The molecule has 70 valence electrons. The number of nitrogens with one attached hydrogen (secondary N) is 1. The Bertz CT molecular complexity index is 158. The molecule has 0 aromatic heterocycles. The van der Waals surface area contributed by atoms with Gasteiger partial charge in [-0.15, -0.1) is 0 Å². The molecule has 1 aliphatic carbocycles. The van der Waals surface area contributed by atoms with Gasteiger partial charge < -0.3 is 5.41 Å². The molecule has 0 unspecified atom stereocenters. The Morgan fingerprint density at radius 3 is 2.00 bits per heavy atom. The molecule has 1 fully saturated rings. The molecule has 0 amide bonds. The monoisotopic (exact) mass is 167 g/mol. The van der Waals surface area contributed by atoms with Crippen LogP contribution in [0.2, 0.25) is 0 Å². The first kappa shape index (κ1) is 9.76. The molecular weight excluding hydrogens is 146 g/mol. The van der Waals surface area contributed by atoms with Crippen LogP contribution in [0.15, 0.2) is 0 Å². The van der Waals surface area contributed by atoms with Crippen LogP contribution < -0.4 is 0 Å². The first-order valence-corrected chi connectivity index (χ1v) is 5.11. The molecule has 0 heterocycles. The van der Waals surface area contributed by atoms with Crippen molar-refractivity contribution in [2.75, 3.05) is 0 Å². The van der Waals surface area contributed by atoms with E-state index in [1.165, 1.54) is 32.1 Å². The average Bonchev–Trinajstić information content (AvgIpc) is 2.03. The molecule has 1 saturated carbocycles. The van der Waals surface area contributed by atoms with Gasteiger partial charge in [-0.25, -0.2) is 0 Å². The van der Waals surface area contributed by atoms with Crippen molar-refractivity contribution in [1.29, 1.82) is 5.41 Å². The lowest BCUT2D eigenvalue weighted by Gasteiger charge is -2.30. The largest absolute Gasteiger partial charge is 0.309 e. The molecule has 0 aliphatic heterocycles. The summed E-state index contributed by atoms with van der Waals surface area (Å²) in [7, 11) is 0. The summed E-state index contributed by atoms with van der Waals surface area (Å²) < 4.78 is 0. The zero-order valence-corrected chi connectivity index (χ0v) is 8.61. The van der Waals surface area contributed by atoms with E-state index in [2.05, 4.69) is 20.8 Å². The molecule has 1 heteroatoms. The second-order valence-corrected chi connectivity index (χ2v) is 5.00. The fourth-order valence-electron chi connectivity index (χ4n) is 2.00. The molecule has 1 N–H and O–H groups in total. The van der Waals surface area contributed by atoms with Crippen LogP contribution >= 0.6 is 0 Å². The van der Waals surface area contributed by atoms with Crippen LogP contribution in [0.5, 0.6) is 0 Å². The van der Waals surface area contributed by atoms with Gasteiger partial charge in [0.1, 0.15) is 0 Å². The summed E-state index contributed by atoms with van der Waals surface area (Å²) in [6, 6.07) is 0. The number of hydrogen-bond acceptors (Lipinski definition) is 1. The van der Waals surface area contributed by atoms with E-state index < -0.39 is 0 Å². The fourth-order valence-corrected chi connectivity index (χ4v) is 2.00. The Morgan fingerprint density at radius 1 is 1.08 bits per heavy atom. The van der Waals surface area contributed by atoms with Crippen LogP contribution in [-0.2, 0) is 0 Å². The molecule has 0 atom stereocenters. The van der Waals surface area contributed by atoms with Gasteiger partial charge in [0.2, 0.25) is 0 Å². The molecule has 0 saturated heterocycles. The molecule has 1 nitrogen and oxygen atoms in total. The van der Waals surface area contributed by atoms with E-state index in [4.69, 9.17) is 5.41 Å². The second kappa shape index (κ2) is 3.59. The van der Waals surface area contributed by atoms with Gasteiger partial charge in [0.05, 0.1) is 0 Å². The molecule has 1 aliphatic rings. The van der Waals surface area contributed by atoms with E-state index in [0.29, 0.717) is 5.92 Å². The molecule has 12 heavy (non-hydrogen) atoms. The maximum absolute atomic E-state index is 8.03. The highest BCUT2D eigenvalue weighted by Crippen LogP contribution is 2.31. The Kier molecular flexibility index (Phi) is 2.92. The van der Waals surface area contributed by atoms with Crippen molar-refractivity contribution in [1.82, 2.24) is 0 Å². The Balaban J connectivity index is 2.51. The van der Waals surface area contributed by atoms with Gasteiger partial charge in [-0.2, -0.15) is 0 Å². The van der Waals surface area contributed by atoms with E-state index in [1.807, 2.05) is 0 Å². The molecule has 0 bridgehead atoms. The van der Waals surface area contributed by atoms with Gasteiger partial charge in [-0.05, 0) is 24.2 Å². The van der Waals surface area contributed by atoms with Crippen molar-refractivity contribution in [3.8, 4) is 0 Å². The summed E-state index contributed by atoms with van der Waals surface area (Å²) in [4.78, 5) is 0. The summed E-state index contributed by atoms with van der Waals surface area (Å²) in [5.41, 5.74) is 1.07. The minimum Gasteiger partial charge on any atom is -0.309 e. The molecular formula is C11H21N. The standard InChI is InChI=1S/C11H21N/c1-11(2,3)10(12)9-7-5-4-6-8-9/h9,12H,4-8H2,1-3H3. The third kappa shape index (κ3) is 2.33. The zero-order valence-electron chi connectivity index (χ0n) is 8.61. The maximum atomic E-state index is 8.03. The normalized spacial score (nSPS) is 20.9. The number of hydrogen-bond donors (Lipinski definition) is 1. The van der Waals surface area contributed by atoms with Crippen molar-refractivity contribution in [3.63, 3.8) is 0 Å². The number of rotatable bonds is 1. The molecule has 1 rings (SSSR count). The van der Waals surface area contributed by atoms with Gasteiger partial charge in [0, 0.05) is 5.71 Å². The van der Waals surface area contributed by atoms with Gasteiger partial charge in [0.15, 0.2) is 0 Å². The molecule has 0 radical (unpaired) electrons. The van der Waals surface area contributed by atoms with Crippen LogP contribution in [-0.4, -0.2) is 5.71 Å². The lowest BCUT2D eigenvalue weighted by molar-refractivity contribution is 0.407. The summed E-state index contributed by atoms with van der Waals surface area (Å²) in [6.45, 7) is 6.47. The predicted octanol–water partition coefficient (Wildman–Crippen LogP) is 3.63. The lowest BCUT2D eigenvalue weighted by atomic mass is 9.76. The summed E-state index contributed by atoms with van der Waals surface area (Å²) in [6.07, 6.45) is 6.58. The van der Waals surface area contributed by atoms with Gasteiger partial charge >= 0.3 is 0 Å². The van der Waals surface area contributed by atoms with E-state index >= 15 is 0 Å². The van der Waals surface area contributed by atoms with E-state index in [9.17, 15) is 0 Å². The zero-order chi connectivity index (χ0) is 9.19. The molecule has 0 aromatic rings. The van der Waals surface area contributed by atoms with Crippen LogP contribution in [0.4, 0.5) is 0 Å². The fraction of sp³-hybridized carbons (Fsp3) is 0.909. The van der Waals surface area contributed by atoms with Crippen LogP contribution in [0.1, 0.15) is 52.9 Å². The summed E-state index contributed by atoms with van der Waals surface area (Å²) in [5, 5.41) is 8.03. The van der Waals surface area contributed by atoms with Crippen LogP contribution in [0.25, 0.3) is 0 Å². The van der Waals surface area contributed by atoms with Gasteiger partial charge in [-0.1, -0.05) is 40.0 Å². The van der Waals surface area contributed by atoms with Crippen molar-refractivity contribution in [2.24, 2.45) is 11.3 Å². The topological polar surface area (TPSA) is 23.9 Å².